The standard InChI is InChI=1S/C54H51N3O/c1-52(2,3)40-24-25-47(42(32-40)36-19-12-9-13-20-36)57-48-23-16-21-41(38-29-37(35-17-10-8-11-18-35)30-39(31-38)46-22-14-15-28-55-46)50(48)56-51(57)43-33-44-45(34-49(43)58)54(6,7)27-26-53(44,4)5/h8-25,28-34,58H,26-27H2,1-7H3. The van der Waals surface area contributed by atoms with Crippen molar-refractivity contribution in [3.63, 3.8) is 0 Å². The van der Waals surface area contributed by atoms with E-state index in [2.05, 4.69) is 180 Å². The number of hydrogen-bond donors (Lipinski definition) is 1. The van der Waals surface area contributed by atoms with E-state index in [1.165, 1.54) is 16.7 Å². The fourth-order valence-corrected chi connectivity index (χ4v) is 8.85. The Bertz CT molecular complexity index is 2750. The van der Waals surface area contributed by atoms with Crippen molar-refractivity contribution in [1.82, 2.24) is 14.5 Å². The fraction of sp³-hybridized carbons (Fsp3) is 0.222. The zero-order valence-corrected chi connectivity index (χ0v) is 34.6. The number of aromatic nitrogens is 3. The van der Waals surface area contributed by atoms with Crippen LogP contribution in [0, 0.1) is 0 Å². The molecule has 0 radical (unpaired) electrons. The Balaban J connectivity index is 1.37. The summed E-state index contributed by atoms with van der Waals surface area (Å²) in [5.74, 6) is 0.963. The third kappa shape index (κ3) is 6.61. The van der Waals surface area contributed by atoms with Crippen LogP contribution in [0.2, 0.25) is 0 Å². The molecule has 4 heteroatoms. The number of phenols is 1. The summed E-state index contributed by atoms with van der Waals surface area (Å²) < 4.78 is 2.29. The maximum atomic E-state index is 12.2. The van der Waals surface area contributed by atoms with Gasteiger partial charge in [0, 0.05) is 22.9 Å². The average molecular weight is 758 g/mol. The number of nitrogens with zero attached hydrogens (tertiary/aromatic N) is 3. The van der Waals surface area contributed by atoms with Crippen molar-refractivity contribution < 1.29 is 5.11 Å². The van der Waals surface area contributed by atoms with Crippen LogP contribution in [0.3, 0.4) is 0 Å². The van der Waals surface area contributed by atoms with Gasteiger partial charge in [-0.2, -0.15) is 0 Å². The fourth-order valence-electron chi connectivity index (χ4n) is 8.85. The van der Waals surface area contributed by atoms with Crippen molar-refractivity contribution in [2.24, 2.45) is 0 Å². The number of hydrogen-bond acceptors (Lipinski definition) is 3. The van der Waals surface area contributed by atoms with Gasteiger partial charge in [0.1, 0.15) is 11.6 Å². The zero-order chi connectivity index (χ0) is 40.4. The van der Waals surface area contributed by atoms with Crippen LogP contribution in [0.15, 0.2) is 152 Å². The van der Waals surface area contributed by atoms with E-state index in [-0.39, 0.29) is 22.0 Å². The lowest BCUT2D eigenvalue weighted by molar-refractivity contribution is 0.330. The molecule has 2 aromatic heterocycles. The predicted molar refractivity (Wildman–Crippen MR) is 242 cm³/mol. The van der Waals surface area contributed by atoms with Crippen LogP contribution in [0.4, 0.5) is 0 Å². The summed E-state index contributed by atoms with van der Waals surface area (Å²) in [5, 5.41) is 12.2. The first kappa shape index (κ1) is 37.3. The highest BCUT2D eigenvalue weighted by molar-refractivity contribution is 5.98. The molecule has 9 rings (SSSR count). The van der Waals surface area contributed by atoms with Gasteiger partial charge in [-0.05, 0) is 129 Å². The number of imidazole rings is 1. The monoisotopic (exact) mass is 757 g/mol. The molecule has 0 aliphatic heterocycles. The number of benzene rings is 6. The molecule has 8 aromatic rings. The molecule has 6 aromatic carbocycles. The van der Waals surface area contributed by atoms with Gasteiger partial charge in [-0.3, -0.25) is 9.55 Å². The van der Waals surface area contributed by atoms with Crippen LogP contribution < -0.4 is 0 Å². The topological polar surface area (TPSA) is 50.9 Å². The van der Waals surface area contributed by atoms with E-state index < -0.39 is 0 Å². The van der Waals surface area contributed by atoms with Gasteiger partial charge < -0.3 is 5.11 Å². The molecule has 0 bridgehead atoms. The van der Waals surface area contributed by atoms with E-state index in [4.69, 9.17) is 9.97 Å². The summed E-state index contributed by atoms with van der Waals surface area (Å²) in [7, 11) is 0. The first-order valence-corrected chi connectivity index (χ1v) is 20.5. The van der Waals surface area contributed by atoms with Crippen LogP contribution in [0.25, 0.3) is 72.7 Å². The first-order chi connectivity index (χ1) is 27.8. The van der Waals surface area contributed by atoms with Crippen LogP contribution >= 0.6 is 0 Å². The van der Waals surface area contributed by atoms with Crippen LogP contribution in [-0.4, -0.2) is 19.6 Å². The second-order valence-corrected chi connectivity index (χ2v) is 18.4. The predicted octanol–water partition coefficient (Wildman–Crippen LogP) is 14.1. The Morgan fingerprint density at radius 1 is 0.552 bits per heavy atom. The maximum absolute atomic E-state index is 12.2. The van der Waals surface area contributed by atoms with Crippen molar-refractivity contribution in [1.29, 1.82) is 0 Å². The van der Waals surface area contributed by atoms with Gasteiger partial charge in [0.05, 0.1) is 28.0 Å². The number of rotatable bonds is 6. The number of para-hydroxylation sites is 1. The molecule has 0 fully saturated rings. The smallest absolute Gasteiger partial charge is 0.149 e. The molecule has 0 amide bonds. The molecule has 288 valence electrons. The normalized spacial score (nSPS) is 14.7. The summed E-state index contributed by atoms with van der Waals surface area (Å²) in [6, 6.07) is 51.5. The summed E-state index contributed by atoms with van der Waals surface area (Å²) >= 11 is 0. The second-order valence-electron chi connectivity index (χ2n) is 18.4. The highest BCUT2D eigenvalue weighted by Gasteiger charge is 2.38. The van der Waals surface area contributed by atoms with Crippen molar-refractivity contribution in [3.8, 4) is 67.5 Å². The Hall–Kier alpha value is -6.26. The van der Waals surface area contributed by atoms with Crippen LogP contribution in [0.5, 0.6) is 5.75 Å². The molecular weight excluding hydrogens is 707 g/mol. The zero-order valence-electron chi connectivity index (χ0n) is 34.6. The van der Waals surface area contributed by atoms with Crippen molar-refractivity contribution in [2.75, 3.05) is 0 Å². The lowest BCUT2D eigenvalue weighted by Crippen LogP contribution is -2.33. The van der Waals surface area contributed by atoms with Gasteiger partial charge in [-0.25, -0.2) is 4.98 Å². The Morgan fingerprint density at radius 2 is 1.19 bits per heavy atom. The van der Waals surface area contributed by atoms with Gasteiger partial charge >= 0.3 is 0 Å². The van der Waals surface area contributed by atoms with Gasteiger partial charge in [0.2, 0.25) is 0 Å². The summed E-state index contributed by atoms with van der Waals surface area (Å²) in [6.07, 6.45) is 3.99. The lowest BCUT2D eigenvalue weighted by Gasteiger charge is -2.42. The molecule has 58 heavy (non-hydrogen) atoms. The maximum Gasteiger partial charge on any atom is 0.149 e. The molecule has 0 saturated carbocycles. The van der Waals surface area contributed by atoms with Crippen molar-refractivity contribution >= 4 is 11.0 Å². The van der Waals surface area contributed by atoms with E-state index in [9.17, 15) is 5.11 Å². The highest BCUT2D eigenvalue weighted by Crippen LogP contribution is 2.50. The third-order valence-corrected chi connectivity index (χ3v) is 12.4. The molecular formula is C54H51N3O. The van der Waals surface area contributed by atoms with E-state index in [1.54, 1.807) is 0 Å². The molecule has 0 saturated heterocycles. The summed E-state index contributed by atoms with van der Waals surface area (Å²) in [6.45, 7) is 16.1. The molecule has 0 unspecified atom stereocenters. The third-order valence-electron chi connectivity index (χ3n) is 12.4. The summed E-state index contributed by atoms with van der Waals surface area (Å²) in [4.78, 5) is 10.4. The van der Waals surface area contributed by atoms with Gasteiger partial charge in [-0.1, -0.05) is 133 Å². The molecule has 0 spiro atoms. The van der Waals surface area contributed by atoms with E-state index in [0.717, 1.165) is 79.8 Å². The SMILES string of the molecule is CC(C)(C)c1ccc(-n2c(-c3cc4c(cc3O)C(C)(C)CCC4(C)C)nc3c(-c4cc(-c5ccccc5)cc(-c5ccccn5)c4)cccc32)c(-c2ccccc2)c1. The highest BCUT2D eigenvalue weighted by atomic mass is 16.3. The van der Waals surface area contributed by atoms with Crippen LogP contribution in [-0.2, 0) is 16.2 Å². The molecule has 1 aliphatic carbocycles. The molecule has 0 atom stereocenters. The number of aromatic hydroxyl groups is 1. The number of phenolic OH excluding ortho intramolecular Hbond substituents is 1. The Labute approximate surface area is 342 Å². The minimum absolute atomic E-state index is 0.0491. The first-order valence-electron chi connectivity index (χ1n) is 20.5. The Kier molecular flexibility index (Phi) is 9.00. The quantitative estimate of drug-likeness (QED) is 0.184. The van der Waals surface area contributed by atoms with Crippen LogP contribution in [0.1, 0.15) is 78.0 Å². The van der Waals surface area contributed by atoms with Gasteiger partial charge in [-0.15, -0.1) is 0 Å². The van der Waals surface area contributed by atoms with E-state index >= 15 is 0 Å². The van der Waals surface area contributed by atoms with E-state index in [0.29, 0.717) is 5.82 Å². The molecule has 1 N–H and O–H groups in total. The molecule has 4 nitrogen and oxygen atoms in total. The average Bonchev–Trinajstić information content (AvgIpc) is 3.62. The minimum Gasteiger partial charge on any atom is -0.507 e. The largest absolute Gasteiger partial charge is 0.507 e. The Morgan fingerprint density at radius 3 is 1.86 bits per heavy atom. The second kappa shape index (κ2) is 14.0. The van der Waals surface area contributed by atoms with Gasteiger partial charge in [0.25, 0.3) is 0 Å². The lowest BCUT2D eigenvalue weighted by atomic mass is 9.63. The van der Waals surface area contributed by atoms with E-state index in [1.807, 2.05) is 24.4 Å². The minimum atomic E-state index is -0.0569. The van der Waals surface area contributed by atoms with Crippen molar-refractivity contribution in [2.45, 2.75) is 77.6 Å². The number of pyridine rings is 1. The molecule has 1 aliphatic rings. The van der Waals surface area contributed by atoms with Crippen molar-refractivity contribution in [3.05, 3.63) is 168 Å². The van der Waals surface area contributed by atoms with Gasteiger partial charge in [0.15, 0.2) is 0 Å². The summed E-state index contributed by atoms with van der Waals surface area (Å²) in [5.41, 5.74) is 15.7. The number of fused-ring (bicyclic) bond motifs is 2. The molecule has 2 heterocycles.